The number of nitrogens with one attached hydrogen (secondary N) is 1. The lowest BCUT2D eigenvalue weighted by atomic mass is 9.90. The Hall–Kier alpha value is -2.74. The molecule has 0 aliphatic carbocycles. The van der Waals surface area contributed by atoms with E-state index >= 15 is 0 Å². The summed E-state index contributed by atoms with van der Waals surface area (Å²) < 4.78 is 5.18. The van der Waals surface area contributed by atoms with Crippen LogP contribution in [0.1, 0.15) is 23.3 Å². The third-order valence-corrected chi connectivity index (χ3v) is 3.82. The van der Waals surface area contributed by atoms with Gasteiger partial charge in [0.05, 0.1) is 11.9 Å². The van der Waals surface area contributed by atoms with Crippen LogP contribution in [0.5, 0.6) is 0 Å². The molecule has 2 N–H and O–H groups in total. The van der Waals surface area contributed by atoms with Crippen LogP contribution < -0.4 is 5.32 Å². The maximum atomic E-state index is 12.3. The Morgan fingerprint density at radius 3 is 2.57 bits per heavy atom. The van der Waals surface area contributed by atoms with Crippen molar-refractivity contribution in [1.29, 1.82) is 0 Å². The van der Waals surface area contributed by atoms with Gasteiger partial charge in [0, 0.05) is 26.1 Å². The van der Waals surface area contributed by atoms with Gasteiger partial charge in [-0.05, 0) is 12.1 Å². The molecule has 0 radical (unpaired) electrons. The number of amides is 1. The summed E-state index contributed by atoms with van der Waals surface area (Å²) in [4.78, 5) is 25.2. The van der Waals surface area contributed by atoms with Crippen LogP contribution in [0.3, 0.4) is 0 Å². The summed E-state index contributed by atoms with van der Waals surface area (Å²) in [6.45, 7) is 0.590. The smallest absolute Gasteiger partial charge is 0.329 e. The van der Waals surface area contributed by atoms with Crippen LogP contribution in [0.15, 0.2) is 36.5 Å². The molecule has 1 saturated heterocycles. The first-order valence-electron chi connectivity index (χ1n) is 7.22. The molecule has 120 valence electrons. The maximum Gasteiger partial charge on any atom is 0.329 e. The second-order valence-electron chi connectivity index (χ2n) is 5.31. The highest BCUT2D eigenvalue weighted by molar-refractivity contribution is 5.96. The lowest BCUT2D eigenvalue weighted by Crippen LogP contribution is -2.57. The van der Waals surface area contributed by atoms with Crippen LogP contribution in [0, 0.1) is 0 Å². The minimum atomic E-state index is -1.31. The standard InChI is InChI=1S/C15H16N4O4/c20-13(17-15(14(21)22)6-8-23-9-7-15)12-10-16-19(18-12)11-4-2-1-3-5-11/h1-5,10H,6-9H2,(H,17,20)(H,21,22). The number of carboxylic acid groups (broad SMARTS) is 1. The molecule has 1 amide bonds. The van der Waals surface area contributed by atoms with Gasteiger partial charge in [-0.25, -0.2) is 4.79 Å². The van der Waals surface area contributed by atoms with Crippen LogP contribution in [-0.2, 0) is 9.53 Å². The van der Waals surface area contributed by atoms with Gasteiger partial charge in [0.15, 0.2) is 5.69 Å². The Morgan fingerprint density at radius 2 is 1.91 bits per heavy atom. The van der Waals surface area contributed by atoms with Gasteiger partial charge in [0.2, 0.25) is 0 Å². The SMILES string of the molecule is O=C(NC1(C(=O)O)CCOCC1)c1cnn(-c2ccccc2)n1. The van der Waals surface area contributed by atoms with E-state index in [-0.39, 0.29) is 18.5 Å². The van der Waals surface area contributed by atoms with E-state index in [1.54, 1.807) is 12.1 Å². The fourth-order valence-corrected chi connectivity index (χ4v) is 2.45. The van der Waals surface area contributed by atoms with E-state index in [2.05, 4.69) is 15.5 Å². The van der Waals surface area contributed by atoms with Crippen LogP contribution in [-0.4, -0.2) is 50.7 Å². The van der Waals surface area contributed by atoms with Crippen LogP contribution in [0.25, 0.3) is 5.69 Å². The highest BCUT2D eigenvalue weighted by atomic mass is 16.5. The Balaban J connectivity index is 1.78. The third-order valence-electron chi connectivity index (χ3n) is 3.82. The largest absolute Gasteiger partial charge is 0.480 e. The van der Waals surface area contributed by atoms with Crippen LogP contribution in [0.4, 0.5) is 0 Å². The summed E-state index contributed by atoms with van der Waals surface area (Å²) in [7, 11) is 0. The minimum Gasteiger partial charge on any atom is -0.480 e. The highest BCUT2D eigenvalue weighted by Crippen LogP contribution is 2.21. The van der Waals surface area contributed by atoms with Crippen molar-refractivity contribution in [2.24, 2.45) is 0 Å². The Morgan fingerprint density at radius 1 is 1.22 bits per heavy atom. The number of hydrogen-bond donors (Lipinski definition) is 2. The zero-order chi connectivity index (χ0) is 16.3. The van der Waals surface area contributed by atoms with Gasteiger partial charge in [0.1, 0.15) is 5.54 Å². The van der Waals surface area contributed by atoms with Gasteiger partial charge in [-0.15, -0.1) is 5.10 Å². The first kappa shape index (κ1) is 15.2. The molecule has 0 atom stereocenters. The molecule has 1 aliphatic rings. The van der Waals surface area contributed by atoms with Crippen molar-refractivity contribution < 1.29 is 19.4 Å². The first-order chi connectivity index (χ1) is 11.1. The molecule has 3 rings (SSSR count). The van der Waals surface area contributed by atoms with Gasteiger partial charge >= 0.3 is 5.97 Å². The zero-order valence-electron chi connectivity index (χ0n) is 12.3. The summed E-state index contributed by atoms with van der Waals surface area (Å²) in [5.41, 5.74) is -0.530. The predicted molar refractivity (Wildman–Crippen MR) is 79.2 cm³/mol. The number of rotatable bonds is 4. The van der Waals surface area contributed by atoms with E-state index in [0.29, 0.717) is 18.9 Å². The molecular formula is C15H16N4O4. The molecular weight excluding hydrogens is 300 g/mol. The van der Waals surface area contributed by atoms with Crippen molar-refractivity contribution in [3.05, 3.63) is 42.2 Å². The number of hydrogen-bond acceptors (Lipinski definition) is 5. The van der Waals surface area contributed by atoms with Crippen molar-refractivity contribution in [2.75, 3.05) is 13.2 Å². The molecule has 8 nitrogen and oxygen atoms in total. The number of carbonyl (C=O) groups excluding carboxylic acids is 1. The van der Waals surface area contributed by atoms with Crippen molar-refractivity contribution in [3.8, 4) is 5.69 Å². The van der Waals surface area contributed by atoms with Gasteiger partial charge in [0.25, 0.3) is 5.91 Å². The van der Waals surface area contributed by atoms with E-state index in [1.165, 1.54) is 11.0 Å². The molecule has 0 spiro atoms. The second-order valence-corrected chi connectivity index (χ2v) is 5.31. The molecule has 1 fully saturated rings. The van der Waals surface area contributed by atoms with Gasteiger partial charge in [-0.3, -0.25) is 4.79 Å². The number of nitrogens with zero attached hydrogens (tertiary/aromatic N) is 3. The molecule has 1 aliphatic heterocycles. The van der Waals surface area contributed by atoms with E-state index in [0.717, 1.165) is 0 Å². The quantitative estimate of drug-likeness (QED) is 0.857. The number of benzene rings is 1. The second kappa shape index (κ2) is 6.17. The fraction of sp³-hybridized carbons (Fsp3) is 0.333. The summed E-state index contributed by atoms with van der Waals surface area (Å²) in [6, 6.07) is 9.14. The Bertz CT molecular complexity index is 707. The van der Waals surface area contributed by atoms with E-state index in [1.807, 2.05) is 18.2 Å². The van der Waals surface area contributed by atoms with E-state index in [4.69, 9.17) is 4.74 Å². The summed E-state index contributed by atoms with van der Waals surface area (Å²) in [5.74, 6) is -1.62. The maximum absolute atomic E-state index is 12.3. The normalized spacial score (nSPS) is 16.7. The van der Waals surface area contributed by atoms with Crippen LogP contribution >= 0.6 is 0 Å². The first-order valence-corrected chi connectivity index (χ1v) is 7.22. The third kappa shape index (κ3) is 3.07. The van der Waals surface area contributed by atoms with Crippen molar-refractivity contribution in [1.82, 2.24) is 20.3 Å². The molecule has 8 heteroatoms. The van der Waals surface area contributed by atoms with Crippen molar-refractivity contribution in [2.45, 2.75) is 18.4 Å². The molecule has 1 aromatic carbocycles. The summed E-state index contributed by atoms with van der Waals surface area (Å²) in [6.07, 6.45) is 1.76. The topological polar surface area (TPSA) is 106 Å². The number of carbonyl (C=O) groups is 2. The zero-order valence-corrected chi connectivity index (χ0v) is 12.3. The Labute approximate surface area is 132 Å². The average Bonchev–Trinajstić information content (AvgIpc) is 3.06. The minimum absolute atomic E-state index is 0.0703. The van der Waals surface area contributed by atoms with E-state index in [9.17, 15) is 14.7 Å². The van der Waals surface area contributed by atoms with Gasteiger partial charge in [-0.1, -0.05) is 18.2 Å². The monoisotopic (exact) mass is 316 g/mol. The van der Waals surface area contributed by atoms with Gasteiger partial charge < -0.3 is 15.2 Å². The number of para-hydroxylation sites is 1. The highest BCUT2D eigenvalue weighted by Gasteiger charge is 2.42. The number of aromatic nitrogens is 3. The lowest BCUT2D eigenvalue weighted by Gasteiger charge is -2.33. The molecule has 0 saturated carbocycles. The summed E-state index contributed by atoms with van der Waals surface area (Å²) in [5, 5.41) is 20.2. The van der Waals surface area contributed by atoms with Crippen LogP contribution in [0.2, 0.25) is 0 Å². The molecule has 23 heavy (non-hydrogen) atoms. The fourth-order valence-electron chi connectivity index (χ4n) is 2.45. The Kier molecular flexibility index (Phi) is 4.07. The molecule has 0 bridgehead atoms. The molecule has 1 aromatic heterocycles. The van der Waals surface area contributed by atoms with Crippen molar-refractivity contribution in [3.63, 3.8) is 0 Å². The number of aliphatic carboxylic acids is 1. The lowest BCUT2D eigenvalue weighted by molar-refractivity contribution is -0.148. The average molecular weight is 316 g/mol. The van der Waals surface area contributed by atoms with Gasteiger partial charge in [-0.2, -0.15) is 9.90 Å². The van der Waals surface area contributed by atoms with E-state index < -0.39 is 17.4 Å². The predicted octanol–water partition coefficient (Wildman–Crippen LogP) is 0.631. The number of ether oxygens (including phenoxy) is 1. The number of carboxylic acids is 1. The molecule has 2 aromatic rings. The summed E-state index contributed by atoms with van der Waals surface area (Å²) >= 11 is 0. The molecule has 0 unspecified atom stereocenters. The van der Waals surface area contributed by atoms with Crippen molar-refractivity contribution >= 4 is 11.9 Å². The molecule has 2 heterocycles.